The molecule has 2 heterocycles. The van der Waals surface area contributed by atoms with Crippen LogP contribution >= 0.6 is 0 Å². The summed E-state index contributed by atoms with van der Waals surface area (Å²) >= 11 is 0. The van der Waals surface area contributed by atoms with Gasteiger partial charge in [-0.15, -0.1) is 0 Å². The standard InChI is InChI=1S/C17H29N3/c1-12-8-14-15(18)9-17(2,3)10-16(14)20(12)11-13-6-5-7-19(13)4/h8,13,15H,5-7,9-11,18H2,1-4H3. The van der Waals surface area contributed by atoms with Crippen molar-refractivity contribution < 1.29 is 0 Å². The van der Waals surface area contributed by atoms with Gasteiger partial charge >= 0.3 is 0 Å². The number of aryl methyl sites for hydroxylation is 1. The molecule has 1 aromatic heterocycles. The molecular weight excluding hydrogens is 246 g/mol. The lowest BCUT2D eigenvalue weighted by Crippen LogP contribution is -2.33. The Morgan fingerprint density at radius 3 is 2.80 bits per heavy atom. The van der Waals surface area contributed by atoms with Crippen LogP contribution in [0, 0.1) is 12.3 Å². The fraction of sp³-hybridized carbons (Fsp3) is 0.765. The molecule has 1 aliphatic carbocycles. The SMILES string of the molecule is Cc1cc2c(n1CC1CCCN1C)CC(C)(C)CC2N. The smallest absolute Gasteiger partial charge is 0.0381 e. The molecular formula is C17H29N3. The third-order valence-corrected chi connectivity index (χ3v) is 5.33. The van der Waals surface area contributed by atoms with Gasteiger partial charge in [0.15, 0.2) is 0 Å². The van der Waals surface area contributed by atoms with Gasteiger partial charge in [0.05, 0.1) is 0 Å². The van der Waals surface area contributed by atoms with Crippen LogP contribution in [0.15, 0.2) is 6.07 Å². The topological polar surface area (TPSA) is 34.2 Å². The molecule has 0 radical (unpaired) electrons. The normalized spacial score (nSPS) is 29.6. The van der Waals surface area contributed by atoms with E-state index in [0.29, 0.717) is 11.5 Å². The van der Waals surface area contributed by atoms with E-state index >= 15 is 0 Å². The molecule has 0 saturated carbocycles. The van der Waals surface area contributed by atoms with Crippen LogP contribution in [0.5, 0.6) is 0 Å². The van der Waals surface area contributed by atoms with Gasteiger partial charge in [0.25, 0.3) is 0 Å². The molecule has 20 heavy (non-hydrogen) atoms. The van der Waals surface area contributed by atoms with E-state index in [1.54, 1.807) is 0 Å². The molecule has 1 aromatic rings. The van der Waals surface area contributed by atoms with Crippen molar-refractivity contribution in [2.45, 2.75) is 65.1 Å². The number of likely N-dealkylation sites (tertiary alicyclic amines) is 1. The van der Waals surface area contributed by atoms with Gasteiger partial charge in [-0.2, -0.15) is 0 Å². The summed E-state index contributed by atoms with van der Waals surface area (Å²) in [6.07, 6.45) is 4.94. The van der Waals surface area contributed by atoms with Crippen LogP contribution in [0.1, 0.15) is 56.1 Å². The highest BCUT2D eigenvalue weighted by atomic mass is 15.2. The Balaban J connectivity index is 1.92. The lowest BCUT2D eigenvalue weighted by atomic mass is 9.74. The van der Waals surface area contributed by atoms with Gasteiger partial charge in [0.1, 0.15) is 0 Å². The summed E-state index contributed by atoms with van der Waals surface area (Å²) in [5.41, 5.74) is 11.0. The second-order valence-electron chi connectivity index (χ2n) is 7.73. The fourth-order valence-corrected chi connectivity index (χ4v) is 4.18. The van der Waals surface area contributed by atoms with E-state index in [4.69, 9.17) is 5.73 Å². The van der Waals surface area contributed by atoms with Crippen molar-refractivity contribution in [3.63, 3.8) is 0 Å². The Labute approximate surface area is 123 Å². The second kappa shape index (κ2) is 4.88. The molecule has 2 atom stereocenters. The third-order valence-electron chi connectivity index (χ3n) is 5.33. The fourth-order valence-electron chi connectivity index (χ4n) is 4.18. The maximum atomic E-state index is 6.42. The maximum Gasteiger partial charge on any atom is 0.0381 e. The molecule has 1 saturated heterocycles. The quantitative estimate of drug-likeness (QED) is 0.900. The first-order valence-corrected chi connectivity index (χ1v) is 8.02. The van der Waals surface area contributed by atoms with E-state index in [-0.39, 0.29) is 6.04 Å². The zero-order chi connectivity index (χ0) is 14.5. The Kier molecular flexibility index (Phi) is 3.46. The first-order valence-electron chi connectivity index (χ1n) is 8.02. The number of likely N-dealkylation sites (N-methyl/N-ethyl adjacent to an activating group) is 1. The summed E-state index contributed by atoms with van der Waals surface area (Å²) in [7, 11) is 2.26. The summed E-state index contributed by atoms with van der Waals surface area (Å²) in [6, 6.07) is 3.26. The first-order chi connectivity index (χ1) is 9.37. The zero-order valence-corrected chi connectivity index (χ0v) is 13.4. The van der Waals surface area contributed by atoms with Gasteiger partial charge in [-0.25, -0.2) is 0 Å². The highest BCUT2D eigenvalue weighted by Crippen LogP contribution is 2.41. The summed E-state index contributed by atoms with van der Waals surface area (Å²) in [5, 5.41) is 0. The average molecular weight is 275 g/mol. The number of hydrogen-bond acceptors (Lipinski definition) is 2. The zero-order valence-electron chi connectivity index (χ0n) is 13.4. The van der Waals surface area contributed by atoms with Crippen LogP contribution in [0.25, 0.3) is 0 Å². The highest BCUT2D eigenvalue weighted by molar-refractivity contribution is 5.34. The van der Waals surface area contributed by atoms with Crippen molar-refractivity contribution in [3.05, 3.63) is 23.0 Å². The molecule has 3 rings (SSSR count). The molecule has 1 fully saturated rings. The van der Waals surface area contributed by atoms with Crippen molar-refractivity contribution in [2.75, 3.05) is 13.6 Å². The Morgan fingerprint density at radius 1 is 1.40 bits per heavy atom. The van der Waals surface area contributed by atoms with Gasteiger partial charge in [0.2, 0.25) is 0 Å². The average Bonchev–Trinajstić information content (AvgIpc) is 2.86. The summed E-state index contributed by atoms with van der Waals surface area (Å²) in [4.78, 5) is 2.51. The number of nitrogens with two attached hydrogens (primary N) is 1. The number of fused-ring (bicyclic) bond motifs is 1. The predicted molar refractivity (Wildman–Crippen MR) is 83.9 cm³/mol. The highest BCUT2D eigenvalue weighted by Gasteiger charge is 2.34. The van der Waals surface area contributed by atoms with Crippen molar-refractivity contribution in [1.29, 1.82) is 0 Å². The molecule has 0 amide bonds. The van der Waals surface area contributed by atoms with Crippen LogP contribution in [0.2, 0.25) is 0 Å². The molecule has 0 aromatic carbocycles. The van der Waals surface area contributed by atoms with E-state index in [0.717, 1.165) is 13.0 Å². The largest absolute Gasteiger partial charge is 0.347 e. The minimum absolute atomic E-state index is 0.218. The number of hydrogen-bond donors (Lipinski definition) is 1. The monoisotopic (exact) mass is 275 g/mol. The van der Waals surface area contributed by atoms with Gasteiger partial charge in [-0.1, -0.05) is 13.8 Å². The lowest BCUT2D eigenvalue weighted by molar-refractivity contribution is 0.256. The van der Waals surface area contributed by atoms with Crippen LogP contribution in [-0.4, -0.2) is 29.1 Å². The van der Waals surface area contributed by atoms with Crippen LogP contribution in [-0.2, 0) is 13.0 Å². The Morgan fingerprint density at radius 2 is 2.15 bits per heavy atom. The first kappa shape index (κ1) is 14.2. The van der Waals surface area contributed by atoms with Crippen molar-refractivity contribution in [2.24, 2.45) is 11.1 Å². The van der Waals surface area contributed by atoms with Crippen LogP contribution < -0.4 is 5.73 Å². The molecule has 2 aliphatic rings. The number of aromatic nitrogens is 1. The second-order valence-corrected chi connectivity index (χ2v) is 7.73. The van der Waals surface area contributed by atoms with Crippen molar-refractivity contribution in [3.8, 4) is 0 Å². The molecule has 3 nitrogen and oxygen atoms in total. The van der Waals surface area contributed by atoms with Crippen molar-refractivity contribution >= 4 is 0 Å². The van der Waals surface area contributed by atoms with E-state index in [2.05, 4.69) is 43.4 Å². The van der Waals surface area contributed by atoms with E-state index in [1.165, 1.54) is 42.8 Å². The predicted octanol–water partition coefficient (Wildman–Crippen LogP) is 2.86. The van der Waals surface area contributed by atoms with Gasteiger partial charge in [-0.05, 0) is 63.2 Å². The molecule has 112 valence electrons. The van der Waals surface area contributed by atoms with Gasteiger partial charge in [-0.3, -0.25) is 0 Å². The van der Waals surface area contributed by atoms with E-state index in [9.17, 15) is 0 Å². The number of nitrogens with zero attached hydrogens (tertiary/aromatic N) is 2. The molecule has 0 spiro atoms. The maximum absolute atomic E-state index is 6.42. The number of rotatable bonds is 2. The van der Waals surface area contributed by atoms with E-state index in [1.807, 2.05) is 0 Å². The van der Waals surface area contributed by atoms with Gasteiger partial charge < -0.3 is 15.2 Å². The molecule has 2 unspecified atom stereocenters. The molecule has 1 aliphatic heterocycles. The summed E-state index contributed by atoms with van der Waals surface area (Å²) in [6.45, 7) is 9.33. The molecule has 0 bridgehead atoms. The van der Waals surface area contributed by atoms with Gasteiger partial charge in [0, 0.05) is 30.0 Å². The van der Waals surface area contributed by atoms with E-state index < -0.39 is 0 Å². The molecule has 2 N–H and O–H groups in total. The van der Waals surface area contributed by atoms with Crippen molar-refractivity contribution in [1.82, 2.24) is 9.47 Å². The van der Waals surface area contributed by atoms with Crippen LogP contribution in [0.4, 0.5) is 0 Å². The minimum atomic E-state index is 0.218. The lowest BCUT2D eigenvalue weighted by Gasteiger charge is -2.35. The minimum Gasteiger partial charge on any atom is -0.347 e. The molecule has 3 heteroatoms. The van der Waals surface area contributed by atoms with Crippen LogP contribution in [0.3, 0.4) is 0 Å². The summed E-state index contributed by atoms with van der Waals surface area (Å²) < 4.78 is 2.56. The Hall–Kier alpha value is -0.800. The summed E-state index contributed by atoms with van der Waals surface area (Å²) in [5.74, 6) is 0. The Bertz CT molecular complexity index is 501. The third kappa shape index (κ3) is 2.42.